The van der Waals surface area contributed by atoms with Gasteiger partial charge in [0.1, 0.15) is 11.6 Å². The van der Waals surface area contributed by atoms with Crippen molar-refractivity contribution in [1.29, 1.82) is 0 Å². The average Bonchev–Trinajstić information content (AvgIpc) is 2.88. The molecule has 0 amide bonds. The van der Waals surface area contributed by atoms with Crippen LogP contribution in [0.3, 0.4) is 0 Å². The molecule has 20 heavy (non-hydrogen) atoms. The molecule has 0 spiro atoms. The average molecular weight is 289 g/mol. The Kier molecular flexibility index (Phi) is 3.87. The number of anilines is 1. The van der Waals surface area contributed by atoms with Gasteiger partial charge in [-0.3, -0.25) is 0 Å². The fraction of sp³-hybridized carbons (Fsp3) is 0.467. The van der Waals surface area contributed by atoms with Gasteiger partial charge in [-0.25, -0.2) is 4.98 Å². The second-order valence-corrected chi connectivity index (χ2v) is 5.96. The third-order valence-corrected chi connectivity index (χ3v) is 4.48. The summed E-state index contributed by atoms with van der Waals surface area (Å²) in [6.07, 6.45) is 3.59. The molecule has 5 heteroatoms. The maximum absolute atomic E-state index is 5.48. The van der Waals surface area contributed by atoms with E-state index in [1.807, 2.05) is 31.3 Å². The largest absolute Gasteiger partial charge is 0.478 e. The van der Waals surface area contributed by atoms with Crippen molar-refractivity contribution >= 4 is 17.2 Å². The molecule has 4 nitrogen and oxygen atoms in total. The molecule has 1 aliphatic rings. The van der Waals surface area contributed by atoms with Gasteiger partial charge in [0.05, 0.1) is 12.6 Å². The molecule has 1 aliphatic carbocycles. The smallest absolute Gasteiger partial charge is 0.218 e. The third kappa shape index (κ3) is 2.77. The highest BCUT2D eigenvalue weighted by molar-refractivity contribution is 7.10. The maximum atomic E-state index is 5.48. The summed E-state index contributed by atoms with van der Waals surface area (Å²) in [5, 5.41) is 5.72. The number of ether oxygens (including phenoxy) is 1. The highest BCUT2D eigenvalue weighted by atomic mass is 32.1. The lowest BCUT2D eigenvalue weighted by Crippen LogP contribution is -2.16. The summed E-state index contributed by atoms with van der Waals surface area (Å²) >= 11 is 1.86. The number of rotatable bonds is 4. The summed E-state index contributed by atoms with van der Waals surface area (Å²) in [6, 6.07) is 4.47. The van der Waals surface area contributed by atoms with Crippen molar-refractivity contribution in [3.8, 4) is 5.88 Å². The highest BCUT2D eigenvalue weighted by Crippen LogP contribution is 2.35. The van der Waals surface area contributed by atoms with Crippen molar-refractivity contribution in [3.05, 3.63) is 33.8 Å². The Morgan fingerprint density at radius 2 is 2.35 bits per heavy atom. The molecule has 2 aromatic heterocycles. The topological polar surface area (TPSA) is 47.0 Å². The summed E-state index contributed by atoms with van der Waals surface area (Å²) < 4.78 is 5.48. The zero-order valence-electron chi connectivity index (χ0n) is 11.8. The third-order valence-electron chi connectivity index (χ3n) is 3.48. The standard InChI is InChI=1S/C15H19N3OS/c1-3-19-15-9-14(16-10(2)17-15)18-12-5-4-6-13-11(12)7-8-20-13/h7-9,12H,3-6H2,1-2H3,(H,16,17,18). The zero-order chi connectivity index (χ0) is 13.9. The van der Waals surface area contributed by atoms with Gasteiger partial charge < -0.3 is 10.1 Å². The predicted octanol–water partition coefficient (Wildman–Crippen LogP) is 3.73. The minimum atomic E-state index is 0.355. The van der Waals surface area contributed by atoms with E-state index >= 15 is 0 Å². The van der Waals surface area contributed by atoms with Crippen molar-refractivity contribution in [3.63, 3.8) is 0 Å². The van der Waals surface area contributed by atoms with Crippen molar-refractivity contribution in [2.75, 3.05) is 11.9 Å². The summed E-state index contributed by atoms with van der Waals surface area (Å²) in [5.41, 5.74) is 1.43. The van der Waals surface area contributed by atoms with Crippen molar-refractivity contribution in [2.24, 2.45) is 0 Å². The molecule has 2 aromatic rings. The summed E-state index contributed by atoms with van der Waals surface area (Å²) in [4.78, 5) is 10.3. The van der Waals surface area contributed by atoms with Crippen LogP contribution in [0.2, 0.25) is 0 Å². The van der Waals surface area contributed by atoms with Gasteiger partial charge in [0, 0.05) is 10.9 Å². The van der Waals surface area contributed by atoms with E-state index in [0.29, 0.717) is 18.5 Å². The summed E-state index contributed by atoms with van der Waals surface area (Å²) in [7, 11) is 0. The maximum Gasteiger partial charge on any atom is 0.218 e. The van der Waals surface area contributed by atoms with E-state index in [4.69, 9.17) is 4.74 Å². The first kappa shape index (κ1) is 13.4. The van der Waals surface area contributed by atoms with Gasteiger partial charge in [-0.05, 0) is 50.1 Å². The van der Waals surface area contributed by atoms with Crippen LogP contribution in [-0.2, 0) is 6.42 Å². The number of aromatic nitrogens is 2. The second-order valence-electron chi connectivity index (χ2n) is 4.96. The molecule has 0 saturated heterocycles. The fourth-order valence-corrected chi connectivity index (χ4v) is 3.64. The highest BCUT2D eigenvalue weighted by Gasteiger charge is 2.21. The van der Waals surface area contributed by atoms with E-state index in [9.17, 15) is 0 Å². The Bertz CT molecular complexity index is 597. The first-order chi connectivity index (χ1) is 9.76. The van der Waals surface area contributed by atoms with Crippen LogP contribution in [0.15, 0.2) is 17.5 Å². The van der Waals surface area contributed by atoms with Crippen LogP contribution >= 0.6 is 11.3 Å². The summed E-state index contributed by atoms with van der Waals surface area (Å²) in [5.74, 6) is 2.23. The van der Waals surface area contributed by atoms with E-state index in [2.05, 4.69) is 26.7 Å². The van der Waals surface area contributed by atoms with Crippen LogP contribution in [-0.4, -0.2) is 16.6 Å². The van der Waals surface area contributed by atoms with Crippen molar-refractivity contribution in [2.45, 2.75) is 39.2 Å². The van der Waals surface area contributed by atoms with E-state index in [-0.39, 0.29) is 0 Å². The molecule has 0 bridgehead atoms. The first-order valence-electron chi connectivity index (χ1n) is 7.07. The van der Waals surface area contributed by atoms with Gasteiger partial charge in [0.25, 0.3) is 0 Å². The molecule has 0 fully saturated rings. The van der Waals surface area contributed by atoms with Gasteiger partial charge in [-0.1, -0.05) is 0 Å². The SMILES string of the molecule is CCOc1cc(NC2CCCc3sccc32)nc(C)n1. The van der Waals surface area contributed by atoms with Crippen molar-refractivity contribution in [1.82, 2.24) is 9.97 Å². The van der Waals surface area contributed by atoms with Gasteiger partial charge in [0.15, 0.2) is 0 Å². The zero-order valence-corrected chi connectivity index (χ0v) is 12.7. The molecule has 0 aromatic carbocycles. The number of fused-ring (bicyclic) bond motifs is 1. The molecular weight excluding hydrogens is 270 g/mol. The predicted molar refractivity (Wildman–Crippen MR) is 81.6 cm³/mol. The quantitative estimate of drug-likeness (QED) is 0.931. The number of aryl methyl sites for hydroxylation is 2. The van der Waals surface area contributed by atoms with E-state index in [1.165, 1.54) is 23.3 Å². The molecule has 1 N–H and O–H groups in total. The van der Waals surface area contributed by atoms with Gasteiger partial charge >= 0.3 is 0 Å². The first-order valence-corrected chi connectivity index (χ1v) is 7.95. The number of hydrogen-bond donors (Lipinski definition) is 1. The normalized spacial score (nSPS) is 17.6. The Morgan fingerprint density at radius 3 is 3.20 bits per heavy atom. The van der Waals surface area contributed by atoms with Crippen LogP contribution in [0.25, 0.3) is 0 Å². The monoisotopic (exact) mass is 289 g/mol. The van der Waals surface area contributed by atoms with E-state index in [1.54, 1.807) is 0 Å². The molecule has 0 aliphatic heterocycles. The minimum absolute atomic E-state index is 0.355. The Hall–Kier alpha value is -1.62. The number of thiophene rings is 1. The number of nitrogens with one attached hydrogen (secondary N) is 1. The fourth-order valence-electron chi connectivity index (χ4n) is 2.65. The molecular formula is C15H19N3OS. The lowest BCUT2D eigenvalue weighted by atomic mass is 9.94. The molecule has 1 unspecified atom stereocenters. The minimum Gasteiger partial charge on any atom is -0.478 e. The lowest BCUT2D eigenvalue weighted by Gasteiger charge is -2.24. The molecule has 106 valence electrons. The molecule has 2 heterocycles. The Morgan fingerprint density at radius 1 is 1.45 bits per heavy atom. The van der Waals surface area contributed by atoms with E-state index < -0.39 is 0 Å². The lowest BCUT2D eigenvalue weighted by molar-refractivity contribution is 0.325. The van der Waals surface area contributed by atoms with Crippen LogP contribution in [0.5, 0.6) is 5.88 Å². The molecule has 3 rings (SSSR count). The van der Waals surface area contributed by atoms with Crippen LogP contribution in [0, 0.1) is 6.92 Å². The van der Waals surface area contributed by atoms with Gasteiger partial charge in [0.2, 0.25) is 5.88 Å². The van der Waals surface area contributed by atoms with Gasteiger partial charge in [-0.2, -0.15) is 4.98 Å². The van der Waals surface area contributed by atoms with Crippen LogP contribution in [0.1, 0.15) is 42.1 Å². The number of hydrogen-bond acceptors (Lipinski definition) is 5. The second kappa shape index (κ2) is 5.79. The van der Waals surface area contributed by atoms with E-state index in [0.717, 1.165) is 18.1 Å². The number of nitrogens with zero attached hydrogens (tertiary/aromatic N) is 2. The summed E-state index contributed by atoms with van der Waals surface area (Å²) in [6.45, 7) is 4.47. The van der Waals surface area contributed by atoms with Crippen LogP contribution in [0.4, 0.5) is 5.82 Å². The molecule has 0 radical (unpaired) electrons. The Labute approximate surface area is 123 Å². The molecule has 0 saturated carbocycles. The Balaban J connectivity index is 1.82. The van der Waals surface area contributed by atoms with Crippen LogP contribution < -0.4 is 10.1 Å². The van der Waals surface area contributed by atoms with Gasteiger partial charge in [-0.15, -0.1) is 11.3 Å². The van der Waals surface area contributed by atoms with Crippen molar-refractivity contribution < 1.29 is 4.74 Å². The molecule has 1 atom stereocenters.